The van der Waals surface area contributed by atoms with Crippen LogP contribution in [0, 0.1) is 0 Å². The number of allylic oxidation sites excluding steroid dienone is 10. The molecule has 0 aliphatic heterocycles. The molecular weight excluding hydrogens is 665 g/mol. The number of hydrogen-bond acceptors (Lipinski definition) is 7. The molecule has 10 heteroatoms. The van der Waals surface area contributed by atoms with E-state index in [9.17, 15) is 24.2 Å². The van der Waals surface area contributed by atoms with Gasteiger partial charge in [-0.05, 0) is 77.0 Å². The lowest BCUT2D eigenvalue weighted by molar-refractivity contribution is -0.147. The van der Waals surface area contributed by atoms with E-state index in [1.807, 2.05) is 0 Å². The molecule has 0 heterocycles. The average molecular weight is 738 g/mol. The molecule has 9 nitrogen and oxygen atoms in total. The number of ether oxygens (including phenoxy) is 1. The molecule has 2 unspecified atom stereocenters. The number of carbonyl (C=O) groups excluding carboxylic acids is 2. The molecule has 0 spiro atoms. The Morgan fingerprint density at radius 1 is 0.627 bits per heavy atom. The Labute approximate surface area is 310 Å². The summed E-state index contributed by atoms with van der Waals surface area (Å²) in [5.74, 6) is -0.560. The summed E-state index contributed by atoms with van der Waals surface area (Å²) >= 11 is 0. The van der Waals surface area contributed by atoms with Gasteiger partial charge in [0.2, 0.25) is 5.91 Å². The Kier molecular flexibility index (Phi) is 35.8. The first-order valence-electron chi connectivity index (χ1n) is 19.8. The molecule has 0 saturated carbocycles. The molecule has 51 heavy (non-hydrogen) atoms. The quantitative estimate of drug-likeness (QED) is 0.0251. The molecule has 0 fully saturated rings. The van der Waals surface area contributed by atoms with Crippen LogP contribution in [0.5, 0.6) is 0 Å². The number of phosphoric ester groups is 1. The van der Waals surface area contributed by atoms with Crippen molar-refractivity contribution in [2.75, 3.05) is 26.4 Å². The molecule has 0 aliphatic carbocycles. The first-order chi connectivity index (χ1) is 24.8. The van der Waals surface area contributed by atoms with Crippen molar-refractivity contribution in [2.24, 2.45) is 0 Å². The van der Waals surface area contributed by atoms with Gasteiger partial charge in [-0.25, -0.2) is 4.57 Å². The summed E-state index contributed by atoms with van der Waals surface area (Å²) in [4.78, 5) is 33.8. The van der Waals surface area contributed by atoms with Crippen molar-refractivity contribution >= 4 is 19.7 Å². The Balaban J connectivity index is 3.67. The van der Waals surface area contributed by atoms with Crippen molar-refractivity contribution in [1.29, 1.82) is 0 Å². The Bertz CT molecular complexity index is 1020. The van der Waals surface area contributed by atoms with Crippen LogP contribution in [0.4, 0.5) is 0 Å². The maximum Gasteiger partial charge on any atom is 0.472 e. The molecule has 0 saturated heterocycles. The molecule has 3 N–H and O–H groups in total. The van der Waals surface area contributed by atoms with Gasteiger partial charge in [0.05, 0.1) is 13.2 Å². The molecular formula is C41H72NO8P. The third kappa shape index (κ3) is 38.8. The average Bonchev–Trinajstić information content (AvgIpc) is 3.11. The minimum Gasteiger partial charge on any atom is -0.463 e. The normalized spacial score (nSPS) is 14.0. The first-order valence-corrected chi connectivity index (χ1v) is 21.3. The molecule has 0 aliphatic rings. The highest BCUT2D eigenvalue weighted by atomic mass is 31.2. The number of carbonyl (C=O) groups is 2. The van der Waals surface area contributed by atoms with Crippen molar-refractivity contribution in [1.82, 2.24) is 5.32 Å². The summed E-state index contributed by atoms with van der Waals surface area (Å²) in [6, 6.07) is 0. The van der Waals surface area contributed by atoms with Gasteiger partial charge in [-0.1, -0.05) is 126 Å². The molecule has 0 rings (SSSR count). The number of nitrogens with one attached hydrogen (secondary N) is 1. The highest BCUT2D eigenvalue weighted by Crippen LogP contribution is 2.42. The zero-order chi connectivity index (χ0) is 37.5. The van der Waals surface area contributed by atoms with Crippen LogP contribution < -0.4 is 5.32 Å². The summed E-state index contributed by atoms with van der Waals surface area (Å²) in [5.41, 5.74) is 0. The van der Waals surface area contributed by atoms with Crippen LogP contribution in [0.3, 0.4) is 0 Å². The van der Waals surface area contributed by atoms with Gasteiger partial charge in [0.1, 0.15) is 12.7 Å². The fraction of sp³-hybridized carbons (Fsp3) is 0.707. The molecule has 294 valence electrons. The van der Waals surface area contributed by atoms with E-state index in [4.69, 9.17) is 13.8 Å². The van der Waals surface area contributed by atoms with Crippen molar-refractivity contribution < 1.29 is 37.9 Å². The Morgan fingerprint density at radius 2 is 1.12 bits per heavy atom. The fourth-order valence-corrected chi connectivity index (χ4v) is 5.71. The van der Waals surface area contributed by atoms with E-state index < -0.39 is 26.5 Å². The van der Waals surface area contributed by atoms with Gasteiger partial charge in [0.25, 0.3) is 0 Å². The number of hydrogen-bond donors (Lipinski definition) is 3. The summed E-state index contributed by atoms with van der Waals surface area (Å²) in [5, 5.41) is 12.6. The second-order valence-electron chi connectivity index (χ2n) is 12.9. The standard InChI is InChI=1S/C41H72NO8P/c1-3-5-7-9-11-13-15-17-18-19-20-22-24-26-28-30-32-34-41(45)48-37-39(43)38-50-51(46,47)49-36-35-42-40(44)33-31-29-27-25-23-21-16-14-12-10-8-6-4-2/h6,8,11-14,17-18,21,23,39,43H,3-5,7,9-10,15-16,19-20,22,24-38H2,1-2H3,(H,42,44)(H,46,47)/b8-6-,13-11-,14-12-,18-17-,23-21-. The van der Waals surface area contributed by atoms with Gasteiger partial charge in [-0.3, -0.25) is 18.6 Å². The fourth-order valence-electron chi connectivity index (χ4n) is 4.95. The van der Waals surface area contributed by atoms with E-state index in [0.717, 1.165) is 83.5 Å². The lowest BCUT2D eigenvalue weighted by Crippen LogP contribution is -2.27. The zero-order valence-electron chi connectivity index (χ0n) is 32.0. The van der Waals surface area contributed by atoms with E-state index in [2.05, 4.69) is 79.9 Å². The topological polar surface area (TPSA) is 131 Å². The molecule has 0 bridgehead atoms. The van der Waals surface area contributed by atoms with Crippen molar-refractivity contribution in [3.63, 3.8) is 0 Å². The Hall–Kier alpha value is -2.29. The van der Waals surface area contributed by atoms with Gasteiger partial charge >= 0.3 is 13.8 Å². The lowest BCUT2D eigenvalue weighted by atomic mass is 10.1. The van der Waals surface area contributed by atoms with Gasteiger partial charge < -0.3 is 20.1 Å². The zero-order valence-corrected chi connectivity index (χ0v) is 32.9. The summed E-state index contributed by atoms with van der Waals surface area (Å²) in [6.45, 7) is 3.34. The second kappa shape index (κ2) is 37.5. The predicted molar refractivity (Wildman–Crippen MR) is 210 cm³/mol. The van der Waals surface area contributed by atoms with Crippen LogP contribution in [0.1, 0.15) is 155 Å². The number of phosphoric acid groups is 1. The van der Waals surface area contributed by atoms with Crippen LogP contribution in [0.2, 0.25) is 0 Å². The summed E-state index contributed by atoms with van der Waals surface area (Å²) < 4.78 is 26.8. The summed E-state index contributed by atoms with van der Waals surface area (Å²) in [7, 11) is -4.42. The summed E-state index contributed by atoms with van der Waals surface area (Å²) in [6.07, 6.45) is 42.9. The smallest absolute Gasteiger partial charge is 0.463 e. The van der Waals surface area contributed by atoms with Crippen molar-refractivity contribution in [3.05, 3.63) is 60.8 Å². The van der Waals surface area contributed by atoms with E-state index in [1.165, 1.54) is 44.9 Å². The number of aliphatic hydroxyl groups is 1. The maximum absolute atomic E-state index is 12.1. The minimum absolute atomic E-state index is 0.0621. The van der Waals surface area contributed by atoms with Crippen LogP contribution in [-0.4, -0.2) is 54.3 Å². The minimum atomic E-state index is -4.42. The van der Waals surface area contributed by atoms with E-state index in [-0.39, 0.29) is 32.1 Å². The molecule has 0 aromatic rings. The molecule has 2 atom stereocenters. The second-order valence-corrected chi connectivity index (χ2v) is 14.3. The molecule has 0 aromatic heterocycles. The molecule has 0 radical (unpaired) electrons. The third-order valence-electron chi connectivity index (χ3n) is 7.93. The van der Waals surface area contributed by atoms with Gasteiger partial charge in [0, 0.05) is 19.4 Å². The van der Waals surface area contributed by atoms with Gasteiger partial charge in [0.15, 0.2) is 0 Å². The monoisotopic (exact) mass is 737 g/mol. The van der Waals surface area contributed by atoms with Crippen molar-refractivity contribution in [3.8, 4) is 0 Å². The Morgan fingerprint density at radius 3 is 1.71 bits per heavy atom. The number of amides is 1. The highest BCUT2D eigenvalue weighted by molar-refractivity contribution is 7.47. The number of aliphatic hydroxyl groups excluding tert-OH is 1. The predicted octanol–water partition coefficient (Wildman–Crippen LogP) is 10.5. The van der Waals surface area contributed by atoms with E-state index in [0.29, 0.717) is 6.42 Å². The lowest BCUT2D eigenvalue weighted by Gasteiger charge is -2.15. The molecule has 0 aromatic carbocycles. The maximum atomic E-state index is 12.1. The first kappa shape index (κ1) is 48.7. The van der Waals surface area contributed by atoms with Crippen LogP contribution in [0.15, 0.2) is 60.8 Å². The number of esters is 1. The largest absolute Gasteiger partial charge is 0.472 e. The third-order valence-corrected chi connectivity index (χ3v) is 8.92. The van der Waals surface area contributed by atoms with Crippen LogP contribution in [0.25, 0.3) is 0 Å². The molecule has 1 amide bonds. The van der Waals surface area contributed by atoms with Gasteiger partial charge in [-0.2, -0.15) is 0 Å². The van der Waals surface area contributed by atoms with Gasteiger partial charge in [-0.15, -0.1) is 0 Å². The highest BCUT2D eigenvalue weighted by Gasteiger charge is 2.23. The van der Waals surface area contributed by atoms with E-state index in [1.54, 1.807) is 0 Å². The van der Waals surface area contributed by atoms with Crippen LogP contribution in [-0.2, 0) is 27.9 Å². The van der Waals surface area contributed by atoms with Crippen LogP contribution >= 0.6 is 7.82 Å². The van der Waals surface area contributed by atoms with Crippen molar-refractivity contribution in [2.45, 2.75) is 161 Å². The number of rotatable bonds is 36. The number of unbranched alkanes of at least 4 members (excludes halogenated alkanes) is 13. The SMILES string of the molecule is CC/C=C\C/C=C\C/C=C\CCCCCC(=O)NCCOP(=O)(O)OCC(O)COC(=O)CCCCCCCCC/C=C\C/C=C\CCCCC. The van der Waals surface area contributed by atoms with E-state index >= 15 is 0 Å².